The number of nitrogens with one attached hydrogen (secondary N) is 2. The van der Waals surface area contributed by atoms with E-state index in [2.05, 4.69) is 56.3 Å². The fourth-order valence-corrected chi connectivity index (χ4v) is 3.34. The highest BCUT2D eigenvalue weighted by Gasteiger charge is 2.19. The molecule has 4 nitrogen and oxygen atoms in total. The molecule has 0 aromatic carbocycles. The zero-order valence-corrected chi connectivity index (χ0v) is 14.5. The molecule has 2 aromatic heterocycles. The van der Waals surface area contributed by atoms with Crippen LogP contribution in [-0.2, 0) is 0 Å². The van der Waals surface area contributed by atoms with E-state index in [9.17, 15) is 0 Å². The third-order valence-corrected chi connectivity index (χ3v) is 4.33. The molecule has 0 aliphatic heterocycles. The van der Waals surface area contributed by atoms with Gasteiger partial charge in [0, 0.05) is 17.0 Å². The standard InChI is InChI=1S/C16H26N4S/c1-6-8-16(4,5)20-13-12-10-11(3)21-14(12)19-15(18-13)17-9-7-2/h10H,6-9H2,1-5H3,(H2,17,18,19,20). The maximum Gasteiger partial charge on any atom is 0.226 e. The van der Waals surface area contributed by atoms with Crippen molar-refractivity contribution < 1.29 is 0 Å². The predicted octanol–water partition coefficient (Wildman–Crippen LogP) is 4.81. The van der Waals surface area contributed by atoms with Gasteiger partial charge in [-0.1, -0.05) is 20.3 Å². The number of rotatable bonds is 7. The average Bonchev–Trinajstić information content (AvgIpc) is 2.76. The SMILES string of the molecule is CCCNc1nc(NC(C)(C)CCC)c2cc(C)sc2n1. The molecule has 0 saturated carbocycles. The summed E-state index contributed by atoms with van der Waals surface area (Å²) in [4.78, 5) is 11.6. The number of aryl methyl sites for hydroxylation is 1. The second-order valence-electron chi connectivity index (χ2n) is 6.16. The first-order chi connectivity index (χ1) is 9.95. The molecule has 0 bridgehead atoms. The fraction of sp³-hybridized carbons (Fsp3) is 0.625. The first-order valence-electron chi connectivity index (χ1n) is 7.75. The van der Waals surface area contributed by atoms with Crippen LogP contribution in [0.2, 0.25) is 0 Å². The maximum atomic E-state index is 4.69. The van der Waals surface area contributed by atoms with Crippen molar-refractivity contribution in [2.24, 2.45) is 0 Å². The molecule has 0 aliphatic carbocycles. The monoisotopic (exact) mass is 306 g/mol. The van der Waals surface area contributed by atoms with E-state index in [0.717, 1.165) is 47.8 Å². The Hall–Kier alpha value is -1.36. The number of nitrogens with zero attached hydrogens (tertiary/aromatic N) is 2. The summed E-state index contributed by atoms with van der Waals surface area (Å²) >= 11 is 1.72. The zero-order valence-electron chi connectivity index (χ0n) is 13.7. The maximum absolute atomic E-state index is 4.69. The number of aromatic nitrogens is 2. The van der Waals surface area contributed by atoms with E-state index in [0.29, 0.717) is 0 Å². The van der Waals surface area contributed by atoms with E-state index in [-0.39, 0.29) is 5.54 Å². The zero-order chi connectivity index (χ0) is 15.5. The Morgan fingerprint density at radius 2 is 1.95 bits per heavy atom. The van der Waals surface area contributed by atoms with Gasteiger partial charge in [-0.25, -0.2) is 4.98 Å². The molecule has 0 spiro atoms. The first kappa shape index (κ1) is 16.0. The lowest BCUT2D eigenvalue weighted by Crippen LogP contribution is -2.31. The molecule has 2 aromatic rings. The molecule has 0 atom stereocenters. The molecule has 116 valence electrons. The molecule has 0 radical (unpaired) electrons. The van der Waals surface area contributed by atoms with Crippen molar-refractivity contribution in [3.05, 3.63) is 10.9 Å². The van der Waals surface area contributed by atoms with Crippen LogP contribution in [-0.4, -0.2) is 22.1 Å². The van der Waals surface area contributed by atoms with E-state index in [1.165, 1.54) is 4.88 Å². The second kappa shape index (κ2) is 6.60. The van der Waals surface area contributed by atoms with Crippen LogP contribution < -0.4 is 10.6 Å². The second-order valence-corrected chi connectivity index (χ2v) is 7.39. The molecule has 0 aliphatic rings. The molecule has 0 saturated heterocycles. The third-order valence-electron chi connectivity index (χ3n) is 3.38. The van der Waals surface area contributed by atoms with E-state index < -0.39 is 0 Å². The van der Waals surface area contributed by atoms with Crippen molar-refractivity contribution in [3.63, 3.8) is 0 Å². The highest BCUT2D eigenvalue weighted by Crippen LogP contribution is 2.31. The first-order valence-corrected chi connectivity index (χ1v) is 8.57. The summed E-state index contributed by atoms with van der Waals surface area (Å²) in [6.45, 7) is 11.8. The lowest BCUT2D eigenvalue weighted by Gasteiger charge is -2.27. The Kier molecular flexibility index (Phi) is 5.04. The minimum absolute atomic E-state index is 0.0356. The molecule has 2 rings (SSSR count). The predicted molar refractivity (Wildman–Crippen MR) is 93.5 cm³/mol. The summed E-state index contributed by atoms with van der Waals surface area (Å²) in [5.41, 5.74) is 0.0356. The van der Waals surface area contributed by atoms with Crippen LogP contribution in [0, 0.1) is 6.92 Å². The Labute approximate surface area is 131 Å². The average molecular weight is 306 g/mol. The van der Waals surface area contributed by atoms with Gasteiger partial charge in [0.1, 0.15) is 10.6 Å². The quantitative estimate of drug-likeness (QED) is 0.770. The Morgan fingerprint density at radius 3 is 2.62 bits per heavy atom. The van der Waals surface area contributed by atoms with E-state index in [1.54, 1.807) is 11.3 Å². The van der Waals surface area contributed by atoms with Crippen molar-refractivity contribution in [1.82, 2.24) is 9.97 Å². The molecule has 0 unspecified atom stereocenters. The summed E-state index contributed by atoms with van der Waals surface area (Å²) < 4.78 is 0. The molecular weight excluding hydrogens is 280 g/mol. The van der Waals surface area contributed by atoms with Crippen LogP contribution in [0.4, 0.5) is 11.8 Å². The van der Waals surface area contributed by atoms with Crippen molar-refractivity contribution in [2.75, 3.05) is 17.2 Å². The number of hydrogen-bond acceptors (Lipinski definition) is 5. The molecule has 5 heteroatoms. The van der Waals surface area contributed by atoms with Crippen molar-refractivity contribution in [1.29, 1.82) is 0 Å². The highest BCUT2D eigenvalue weighted by molar-refractivity contribution is 7.18. The van der Waals surface area contributed by atoms with Gasteiger partial charge in [-0.05, 0) is 39.7 Å². The molecule has 2 heterocycles. The summed E-state index contributed by atoms with van der Waals surface area (Å²) in [7, 11) is 0. The number of hydrogen-bond donors (Lipinski definition) is 2. The van der Waals surface area contributed by atoms with Crippen LogP contribution in [0.15, 0.2) is 6.07 Å². The normalized spacial score (nSPS) is 11.9. The van der Waals surface area contributed by atoms with Crippen molar-refractivity contribution in [2.45, 2.75) is 59.4 Å². The topological polar surface area (TPSA) is 49.8 Å². The Morgan fingerprint density at radius 1 is 1.19 bits per heavy atom. The Balaban J connectivity index is 2.39. The Bertz CT molecular complexity index is 604. The summed E-state index contributed by atoms with van der Waals surface area (Å²) in [6, 6.07) is 2.17. The van der Waals surface area contributed by atoms with Crippen molar-refractivity contribution >= 4 is 33.3 Å². The smallest absolute Gasteiger partial charge is 0.226 e. The van der Waals surface area contributed by atoms with Gasteiger partial charge in [0.05, 0.1) is 5.39 Å². The van der Waals surface area contributed by atoms with Crippen LogP contribution in [0.1, 0.15) is 51.8 Å². The van der Waals surface area contributed by atoms with E-state index in [4.69, 9.17) is 4.98 Å². The van der Waals surface area contributed by atoms with Gasteiger partial charge in [0.25, 0.3) is 0 Å². The van der Waals surface area contributed by atoms with Crippen LogP contribution >= 0.6 is 11.3 Å². The van der Waals surface area contributed by atoms with E-state index in [1.807, 2.05) is 0 Å². The number of thiophene rings is 1. The number of fused-ring (bicyclic) bond motifs is 1. The van der Waals surface area contributed by atoms with Gasteiger partial charge < -0.3 is 10.6 Å². The van der Waals surface area contributed by atoms with Crippen molar-refractivity contribution in [3.8, 4) is 0 Å². The lowest BCUT2D eigenvalue weighted by molar-refractivity contribution is 0.509. The van der Waals surface area contributed by atoms with Crippen LogP contribution in [0.5, 0.6) is 0 Å². The molecule has 0 amide bonds. The van der Waals surface area contributed by atoms with Gasteiger partial charge in [-0.2, -0.15) is 4.98 Å². The van der Waals surface area contributed by atoms with Gasteiger partial charge in [0.2, 0.25) is 5.95 Å². The fourth-order valence-electron chi connectivity index (χ4n) is 2.46. The minimum atomic E-state index is 0.0356. The van der Waals surface area contributed by atoms with Gasteiger partial charge in [-0.15, -0.1) is 11.3 Å². The summed E-state index contributed by atoms with van der Waals surface area (Å²) in [5, 5.41) is 8.03. The third kappa shape index (κ3) is 4.06. The van der Waals surface area contributed by atoms with Gasteiger partial charge in [-0.3, -0.25) is 0 Å². The number of anilines is 2. The van der Waals surface area contributed by atoms with Crippen LogP contribution in [0.3, 0.4) is 0 Å². The highest BCUT2D eigenvalue weighted by atomic mass is 32.1. The molecule has 0 fully saturated rings. The van der Waals surface area contributed by atoms with E-state index >= 15 is 0 Å². The molecular formula is C16H26N4S. The summed E-state index contributed by atoms with van der Waals surface area (Å²) in [5.74, 6) is 1.67. The van der Waals surface area contributed by atoms with Gasteiger partial charge >= 0.3 is 0 Å². The van der Waals surface area contributed by atoms with Gasteiger partial charge in [0.15, 0.2) is 0 Å². The molecule has 21 heavy (non-hydrogen) atoms. The minimum Gasteiger partial charge on any atom is -0.364 e. The van der Waals surface area contributed by atoms with Crippen LogP contribution in [0.25, 0.3) is 10.2 Å². The summed E-state index contributed by atoms with van der Waals surface area (Å²) in [6.07, 6.45) is 3.33. The molecule has 2 N–H and O–H groups in total. The lowest BCUT2D eigenvalue weighted by atomic mass is 9.99. The largest absolute Gasteiger partial charge is 0.364 e.